The van der Waals surface area contributed by atoms with Gasteiger partial charge in [0.25, 0.3) is 5.91 Å². The Kier molecular flexibility index (Phi) is 5.31. The zero-order valence-electron chi connectivity index (χ0n) is 15.2. The molecule has 0 unspecified atom stereocenters. The van der Waals surface area contributed by atoms with Gasteiger partial charge in [-0.15, -0.1) is 5.10 Å². The van der Waals surface area contributed by atoms with Gasteiger partial charge in [-0.05, 0) is 44.4 Å². The summed E-state index contributed by atoms with van der Waals surface area (Å²) >= 11 is 0. The number of piperidine rings is 1. The molecule has 1 amide bonds. The fourth-order valence-electron chi connectivity index (χ4n) is 3.25. The van der Waals surface area contributed by atoms with Crippen molar-refractivity contribution in [1.29, 1.82) is 0 Å². The molecular formula is C18H26N6O. The molecule has 134 valence electrons. The van der Waals surface area contributed by atoms with Crippen LogP contribution < -0.4 is 4.90 Å². The number of rotatable bonds is 5. The molecule has 2 aromatic rings. The van der Waals surface area contributed by atoms with Crippen molar-refractivity contribution >= 4 is 11.7 Å². The lowest BCUT2D eigenvalue weighted by atomic mass is 10.0. The topological polar surface area (TPSA) is 78.0 Å². The molecule has 0 atom stereocenters. The van der Waals surface area contributed by atoms with Crippen LogP contribution in [0.15, 0.2) is 18.2 Å². The van der Waals surface area contributed by atoms with E-state index in [0.29, 0.717) is 11.7 Å². The zero-order chi connectivity index (χ0) is 17.8. The summed E-state index contributed by atoms with van der Waals surface area (Å²) in [6.07, 6.45) is 3.80. The first kappa shape index (κ1) is 17.4. The average molecular weight is 342 g/mol. The highest BCUT2D eigenvalue weighted by Crippen LogP contribution is 2.21. The summed E-state index contributed by atoms with van der Waals surface area (Å²) in [5.74, 6) is 0.904. The van der Waals surface area contributed by atoms with Gasteiger partial charge >= 0.3 is 0 Å². The lowest BCUT2D eigenvalue weighted by molar-refractivity contribution is 0.0707. The van der Waals surface area contributed by atoms with Gasteiger partial charge in [-0.2, -0.15) is 10.2 Å². The van der Waals surface area contributed by atoms with Crippen LogP contribution in [-0.2, 0) is 6.42 Å². The van der Waals surface area contributed by atoms with E-state index >= 15 is 0 Å². The number of carbonyl (C=O) groups is 1. The molecule has 0 aromatic carbocycles. The van der Waals surface area contributed by atoms with Crippen molar-refractivity contribution in [3.63, 3.8) is 0 Å². The van der Waals surface area contributed by atoms with E-state index in [1.807, 2.05) is 37.1 Å². The number of nitrogens with one attached hydrogen (secondary N) is 1. The Hall–Kier alpha value is -2.44. The number of aromatic amines is 1. The summed E-state index contributed by atoms with van der Waals surface area (Å²) in [5.41, 5.74) is 2.47. The fourth-order valence-corrected chi connectivity index (χ4v) is 3.25. The molecule has 3 rings (SSSR count). The maximum atomic E-state index is 12.6. The Morgan fingerprint density at radius 3 is 2.72 bits per heavy atom. The molecule has 25 heavy (non-hydrogen) atoms. The molecule has 3 heterocycles. The average Bonchev–Trinajstić information content (AvgIpc) is 3.10. The molecule has 0 saturated carbocycles. The quantitative estimate of drug-likeness (QED) is 0.901. The summed E-state index contributed by atoms with van der Waals surface area (Å²) in [7, 11) is 2.05. The molecule has 2 aromatic heterocycles. The maximum Gasteiger partial charge on any atom is 0.274 e. The van der Waals surface area contributed by atoms with Crippen LogP contribution in [0.2, 0.25) is 0 Å². The molecule has 1 fully saturated rings. The van der Waals surface area contributed by atoms with Gasteiger partial charge in [0.05, 0.1) is 5.69 Å². The molecule has 7 nitrogen and oxygen atoms in total. The lowest BCUT2D eigenvalue weighted by Crippen LogP contribution is -2.46. The molecule has 1 aliphatic heterocycles. The molecule has 1 N–H and O–H groups in total. The number of hydrogen-bond acceptors (Lipinski definition) is 5. The van der Waals surface area contributed by atoms with Crippen molar-refractivity contribution < 1.29 is 4.79 Å². The first-order valence-electron chi connectivity index (χ1n) is 8.95. The van der Waals surface area contributed by atoms with Crippen molar-refractivity contribution in [3.05, 3.63) is 35.3 Å². The number of aryl methyl sites for hydroxylation is 2. The molecule has 0 radical (unpaired) electrons. The molecule has 0 spiro atoms. The van der Waals surface area contributed by atoms with Crippen molar-refractivity contribution in [2.24, 2.45) is 0 Å². The highest BCUT2D eigenvalue weighted by molar-refractivity contribution is 5.92. The van der Waals surface area contributed by atoms with E-state index < -0.39 is 0 Å². The van der Waals surface area contributed by atoms with Crippen molar-refractivity contribution in [3.8, 4) is 0 Å². The minimum atomic E-state index is 0.0230. The predicted molar refractivity (Wildman–Crippen MR) is 96.7 cm³/mol. The Labute approximate surface area is 148 Å². The SMILES string of the molecule is CCCc1cc(C(=O)N2CCC(N(C)c3ccc(C)nn3)CC2)n[nH]1. The summed E-state index contributed by atoms with van der Waals surface area (Å²) < 4.78 is 0. The minimum Gasteiger partial charge on any atom is -0.355 e. The van der Waals surface area contributed by atoms with Gasteiger partial charge in [-0.1, -0.05) is 13.3 Å². The van der Waals surface area contributed by atoms with Gasteiger partial charge in [-0.25, -0.2) is 0 Å². The highest BCUT2D eigenvalue weighted by atomic mass is 16.2. The van der Waals surface area contributed by atoms with Gasteiger partial charge in [0.15, 0.2) is 5.82 Å². The van der Waals surface area contributed by atoms with Crippen LogP contribution in [0.4, 0.5) is 5.82 Å². The number of aromatic nitrogens is 4. The van der Waals surface area contributed by atoms with Crippen LogP contribution in [-0.4, -0.2) is 57.4 Å². The van der Waals surface area contributed by atoms with Gasteiger partial charge in [0, 0.05) is 31.9 Å². The fraction of sp³-hybridized carbons (Fsp3) is 0.556. The second-order valence-corrected chi connectivity index (χ2v) is 6.70. The third kappa shape index (κ3) is 3.97. The van der Waals surface area contributed by atoms with E-state index in [2.05, 4.69) is 32.2 Å². The van der Waals surface area contributed by atoms with Gasteiger partial charge in [-0.3, -0.25) is 9.89 Å². The van der Waals surface area contributed by atoms with Gasteiger partial charge in [0.1, 0.15) is 5.69 Å². The van der Waals surface area contributed by atoms with Gasteiger partial charge in [0.2, 0.25) is 0 Å². The number of anilines is 1. The first-order chi connectivity index (χ1) is 12.1. The number of H-pyrrole nitrogens is 1. The largest absolute Gasteiger partial charge is 0.355 e. The van der Waals surface area contributed by atoms with Gasteiger partial charge < -0.3 is 9.80 Å². The highest BCUT2D eigenvalue weighted by Gasteiger charge is 2.27. The number of hydrogen-bond donors (Lipinski definition) is 1. The number of carbonyl (C=O) groups excluding carboxylic acids is 1. The van der Waals surface area contributed by atoms with Crippen LogP contribution in [0.3, 0.4) is 0 Å². The Balaban J connectivity index is 1.57. The van der Waals surface area contributed by atoms with E-state index in [4.69, 9.17) is 0 Å². The predicted octanol–water partition coefficient (Wildman–Crippen LogP) is 2.20. The molecule has 7 heteroatoms. The number of amides is 1. The van der Waals surface area contributed by atoms with Crippen molar-refractivity contribution in [1.82, 2.24) is 25.3 Å². The minimum absolute atomic E-state index is 0.0230. The van der Waals surface area contributed by atoms with Crippen LogP contribution in [0.5, 0.6) is 0 Å². The summed E-state index contributed by atoms with van der Waals surface area (Å²) in [6.45, 7) is 5.52. The molecular weight excluding hydrogens is 316 g/mol. The zero-order valence-corrected chi connectivity index (χ0v) is 15.2. The first-order valence-corrected chi connectivity index (χ1v) is 8.95. The van der Waals surface area contributed by atoms with Crippen LogP contribution in [0.1, 0.15) is 48.1 Å². The van der Waals surface area contributed by atoms with E-state index in [1.54, 1.807) is 0 Å². The van der Waals surface area contributed by atoms with Crippen molar-refractivity contribution in [2.45, 2.75) is 45.6 Å². The Bertz CT molecular complexity index is 703. The Morgan fingerprint density at radius 2 is 2.08 bits per heavy atom. The molecule has 1 saturated heterocycles. The molecule has 1 aliphatic rings. The van der Waals surface area contributed by atoms with E-state index in [-0.39, 0.29) is 5.91 Å². The smallest absolute Gasteiger partial charge is 0.274 e. The van der Waals surface area contributed by atoms with Crippen LogP contribution in [0, 0.1) is 6.92 Å². The van der Waals surface area contributed by atoms with E-state index in [1.165, 1.54) is 0 Å². The van der Waals surface area contributed by atoms with Crippen LogP contribution in [0.25, 0.3) is 0 Å². The van der Waals surface area contributed by atoms with Crippen LogP contribution >= 0.6 is 0 Å². The third-order valence-corrected chi connectivity index (χ3v) is 4.81. The van der Waals surface area contributed by atoms with E-state index in [9.17, 15) is 4.79 Å². The summed E-state index contributed by atoms with van der Waals surface area (Å²) in [5, 5.41) is 15.5. The number of nitrogens with zero attached hydrogens (tertiary/aromatic N) is 5. The Morgan fingerprint density at radius 1 is 1.32 bits per heavy atom. The summed E-state index contributed by atoms with van der Waals surface area (Å²) in [4.78, 5) is 16.7. The normalized spacial score (nSPS) is 15.4. The summed E-state index contributed by atoms with van der Waals surface area (Å²) in [6, 6.07) is 6.23. The third-order valence-electron chi connectivity index (χ3n) is 4.81. The second-order valence-electron chi connectivity index (χ2n) is 6.70. The standard InChI is InChI=1S/C18H26N6O/c1-4-5-14-12-16(21-20-14)18(25)24-10-8-15(9-11-24)23(3)17-7-6-13(2)19-22-17/h6-7,12,15H,4-5,8-11H2,1-3H3,(H,20,21). The van der Waals surface area contributed by atoms with Crippen molar-refractivity contribution in [2.75, 3.05) is 25.0 Å². The lowest BCUT2D eigenvalue weighted by Gasteiger charge is -2.36. The molecule has 0 bridgehead atoms. The van der Waals surface area contributed by atoms with E-state index in [0.717, 1.165) is 56.0 Å². The number of likely N-dealkylation sites (tertiary alicyclic amines) is 1. The second kappa shape index (κ2) is 7.63. The monoisotopic (exact) mass is 342 g/mol. The molecule has 0 aliphatic carbocycles. The maximum absolute atomic E-state index is 12.6.